The van der Waals surface area contributed by atoms with Crippen LogP contribution in [0.3, 0.4) is 0 Å². The molecule has 0 aliphatic heterocycles. The van der Waals surface area contributed by atoms with E-state index in [2.05, 4.69) is 5.32 Å². The maximum absolute atomic E-state index is 12.3. The minimum absolute atomic E-state index is 0.00679. The van der Waals surface area contributed by atoms with Crippen molar-refractivity contribution in [3.8, 4) is 0 Å². The van der Waals surface area contributed by atoms with Crippen LogP contribution in [0.5, 0.6) is 0 Å². The zero-order valence-electron chi connectivity index (χ0n) is 13.4. The Hall–Kier alpha value is -2.74. The van der Waals surface area contributed by atoms with Crippen molar-refractivity contribution >= 4 is 27.1 Å². The van der Waals surface area contributed by atoms with Crippen molar-refractivity contribution in [2.75, 3.05) is 11.6 Å². The summed E-state index contributed by atoms with van der Waals surface area (Å²) in [6.45, 7) is 3.84. The van der Waals surface area contributed by atoms with Crippen LogP contribution in [0, 0.1) is 24.0 Å². The van der Waals surface area contributed by atoms with E-state index in [1.807, 2.05) is 19.9 Å². The Morgan fingerprint density at radius 3 is 2.29 bits per heavy atom. The second kappa shape index (κ2) is 6.40. The summed E-state index contributed by atoms with van der Waals surface area (Å²) in [5, 5.41) is 13.7. The van der Waals surface area contributed by atoms with Gasteiger partial charge in [-0.3, -0.25) is 14.9 Å². The number of benzene rings is 2. The van der Waals surface area contributed by atoms with E-state index < -0.39 is 31.3 Å². The van der Waals surface area contributed by atoms with Gasteiger partial charge in [0.1, 0.15) is 4.90 Å². The van der Waals surface area contributed by atoms with Crippen molar-refractivity contribution in [3.63, 3.8) is 0 Å². The van der Waals surface area contributed by atoms with Gasteiger partial charge in [0, 0.05) is 23.6 Å². The van der Waals surface area contributed by atoms with Gasteiger partial charge >= 0.3 is 0 Å². The highest BCUT2D eigenvalue weighted by Crippen LogP contribution is 2.25. The maximum atomic E-state index is 12.3. The highest BCUT2D eigenvalue weighted by Gasteiger charge is 2.24. The lowest BCUT2D eigenvalue weighted by atomic mass is 10.1. The summed E-state index contributed by atoms with van der Waals surface area (Å²) < 4.78 is 23.2. The number of nitrogens with one attached hydrogen (secondary N) is 1. The average Bonchev–Trinajstić information content (AvgIpc) is 2.49. The molecule has 1 amide bonds. The molecule has 2 aromatic carbocycles. The molecule has 24 heavy (non-hydrogen) atoms. The third kappa shape index (κ3) is 3.77. The molecule has 126 valence electrons. The molecule has 0 spiro atoms. The van der Waals surface area contributed by atoms with Crippen molar-refractivity contribution in [2.24, 2.45) is 0 Å². The number of sulfone groups is 1. The fourth-order valence-electron chi connectivity index (χ4n) is 2.14. The van der Waals surface area contributed by atoms with Crippen molar-refractivity contribution in [1.29, 1.82) is 0 Å². The predicted molar refractivity (Wildman–Crippen MR) is 90.1 cm³/mol. The molecular weight excluding hydrogens is 332 g/mol. The molecule has 0 bridgehead atoms. The Bertz CT molecular complexity index is 935. The van der Waals surface area contributed by atoms with E-state index >= 15 is 0 Å². The third-order valence-corrected chi connectivity index (χ3v) is 4.73. The second-order valence-electron chi connectivity index (χ2n) is 5.46. The topological polar surface area (TPSA) is 106 Å². The summed E-state index contributed by atoms with van der Waals surface area (Å²) in [6, 6.07) is 8.64. The van der Waals surface area contributed by atoms with Crippen LogP contribution in [0.15, 0.2) is 41.3 Å². The minimum Gasteiger partial charge on any atom is -0.322 e. The van der Waals surface area contributed by atoms with Gasteiger partial charge in [-0.05, 0) is 49.2 Å². The van der Waals surface area contributed by atoms with Crippen LogP contribution >= 0.6 is 0 Å². The Balaban J connectivity index is 2.38. The summed E-state index contributed by atoms with van der Waals surface area (Å²) in [7, 11) is -3.76. The Labute approximate surface area is 139 Å². The molecule has 0 atom stereocenters. The number of nitro benzene ring substituents is 1. The smallest absolute Gasteiger partial charge is 0.288 e. The Morgan fingerprint density at radius 1 is 1.08 bits per heavy atom. The Kier molecular flexibility index (Phi) is 4.70. The van der Waals surface area contributed by atoms with E-state index in [-0.39, 0.29) is 5.56 Å². The van der Waals surface area contributed by atoms with Gasteiger partial charge in [0.25, 0.3) is 11.6 Å². The molecule has 7 nitrogen and oxygen atoms in total. The van der Waals surface area contributed by atoms with Gasteiger partial charge in [0.15, 0.2) is 9.84 Å². The van der Waals surface area contributed by atoms with E-state index in [1.165, 1.54) is 6.07 Å². The number of nitro groups is 1. The van der Waals surface area contributed by atoms with E-state index in [0.717, 1.165) is 29.5 Å². The molecule has 2 rings (SSSR count). The summed E-state index contributed by atoms with van der Waals surface area (Å²) in [5.74, 6) is -0.554. The van der Waals surface area contributed by atoms with Gasteiger partial charge in [-0.25, -0.2) is 8.42 Å². The zero-order valence-corrected chi connectivity index (χ0v) is 14.2. The molecule has 0 fully saturated rings. The molecule has 0 saturated heterocycles. The molecule has 1 N–H and O–H groups in total. The second-order valence-corrected chi connectivity index (χ2v) is 7.45. The fraction of sp³-hybridized carbons (Fsp3) is 0.188. The zero-order chi connectivity index (χ0) is 18.1. The molecule has 0 aromatic heterocycles. The van der Waals surface area contributed by atoms with E-state index in [0.29, 0.717) is 5.69 Å². The molecule has 0 saturated carbocycles. The maximum Gasteiger partial charge on any atom is 0.288 e. The van der Waals surface area contributed by atoms with Gasteiger partial charge < -0.3 is 5.32 Å². The standard InChI is InChI=1S/C16H16N2O5S/c1-10-4-6-13(8-11(10)2)17-16(19)12-5-7-15(24(3,22)23)14(9-12)18(20)21/h4-9H,1-3H3,(H,17,19). The van der Waals surface area contributed by atoms with Crippen LogP contribution in [0.1, 0.15) is 21.5 Å². The predicted octanol–water partition coefficient (Wildman–Crippen LogP) is 2.87. The van der Waals surface area contributed by atoms with Crippen LogP contribution in [0.4, 0.5) is 11.4 Å². The molecule has 0 heterocycles. The molecule has 0 aliphatic rings. The first-order chi connectivity index (χ1) is 11.1. The van der Waals surface area contributed by atoms with Gasteiger partial charge in [-0.15, -0.1) is 0 Å². The first-order valence-corrected chi connectivity index (χ1v) is 8.86. The lowest BCUT2D eigenvalue weighted by Crippen LogP contribution is -2.13. The first kappa shape index (κ1) is 17.6. The number of rotatable bonds is 4. The van der Waals surface area contributed by atoms with E-state index in [9.17, 15) is 23.3 Å². The first-order valence-electron chi connectivity index (χ1n) is 6.96. The van der Waals surface area contributed by atoms with Crippen LogP contribution in [-0.4, -0.2) is 25.5 Å². The number of nitrogens with zero attached hydrogens (tertiary/aromatic N) is 1. The highest BCUT2D eigenvalue weighted by atomic mass is 32.2. The van der Waals surface area contributed by atoms with E-state index in [1.54, 1.807) is 12.1 Å². The molecule has 2 aromatic rings. The summed E-state index contributed by atoms with van der Waals surface area (Å²) in [5.41, 5.74) is 2.00. The third-order valence-electron chi connectivity index (χ3n) is 3.58. The summed E-state index contributed by atoms with van der Waals surface area (Å²) in [6.07, 6.45) is 0.879. The number of amides is 1. The normalized spacial score (nSPS) is 11.1. The van der Waals surface area contributed by atoms with Crippen molar-refractivity contribution < 1.29 is 18.1 Å². The van der Waals surface area contributed by atoms with E-state index in [4.69, 9.17) is 0 Å². The van der Waals surface area contributed by atoms with Crippen LogP contribution in [-0.2, 0) is 9.84 Å². The quantitative estimate of drug-likeness (QED) is 0.675. The van der Waals surface area contributed by atoms with Crippen LogP contribution in [0.2, 0.25) is 0 Å². The van der Waals surface area contributed by atoms with Gasteiger partial charge in [-0.2, -0.15) is 0 Å². The number of hydrogen-bond acceptors (Lipinski definition) is 5. The number of carbonyl (C=O) groups excluding carboxylic acids is 1. The molecular formula is C16H16N2O5S. The highest BCUT2D eigenvalue weighted by molar-refractivity contribution is 7.90. The number of carbonyl (C=O) groups is 1. The number of anilines is 1. The van der Waals surface area contributed by atoms with Crippen molar-refractivity contribution in [1.82, 2.24) is 0 Å². The van der Waals surface area contributed by atoms with Crippen LogP contribution in [0.25, 0.3) is 0 Å². The largest absolute Gasteiger partial charge is 0.322 e. The summed E-state index contributed by atoms with van der Waals surface area (Å²) in [4.78, 5) is 22.1. The summed E-state index contributed by atoms with van der Waals surface area (Å²) >= 11 is 0. The molecule has 0 aliphatic carbocycles. The van der Waals surface area contributed by atoms with Gasteiger partial charge in [0.05, 0.1) is 4.92 Å². The lowest BCUT2D eigenvalue weighted by molar-refractivity contribution is -0.387. The van der Waals surface area contributed by atoms with Gasteiger partial charge in [-0.1, -0.05) is 6.07 Å². The SMILES string of the molecule is Cc1ccc(NC(=O)c2ccc(S(C)(=O)=O)c([N+](=O)[O-])c2)cc1C. The van der Waals surface area contributed by atoms with Crippen molar-refractivity contribution in [3.05, 3.63) is 63.2 Å². The van der Waals surface area contributed by atoms with Gasteiger partial charge in [0.2, 0.25) is 0 Å². The minimum atomic E-state index is -3.76. The lowest BCUT2D eigenvalue weighted by Gasteiger charge is -2.08. The molecule has 0 unspecified atom stereocenters. The monoisotopic (exact) mass is 348 g/mol. The molecule has 0 radical (unpaired) electrons. The fourth-order valence-corrected chi connectivity index (χ4v) is 2.97. The number of aryl methyl sites for hydroxylation is 2. The average molecular weight is 348 g/mol. The number of hydrogen-bond donors (Lipinski definition) is 1. The Morgan fingerprint density at radius 2 is 1.75 bits per heavy atom. The van der Waals surface area contributed by atoms with Crippen LogP contribution < -0.4 is 5.32 Å². The molecule has 8 heteroatoms. The van der Waals surface area contributed by atoms with Crippen molar-refractivity contribution in [2.45, 2.75) is 18.7 Å².